The topological polar surface area (TPSA) is 69.6 Å². The van der Waals surface area contributed by atoms with E-state index >= 15 is 0 Å². The highest BCUT2D eigenvalue weighted by Crippen LogP contribution is 2.36. The van der Waals surface area contributed by atoms with Gasteiger partial charge in [0.15, 0.2) is 0 Å². The first-order valence-electron chi connectivity index (χ1n) is 10.7. The van der Waals surface area contributed by atoms with Gasteiger partial charge in [0.2, 0.25) is 17.8 Å². The predicted octanol–water partition coefficient (Wildman–Crippen LogP) is 3.05. The first-order chi connectivity index (χ1) is 14.8. The summed E-state index contributed by atoms with van der Waals surface area (Å²) in [5, 5.41) is 0.677. The fourth-order valence-corrected chi connectivity index (χ4v) is 4.64. The van der Waals surface area contributed by atoms with Crippen LogP contribution < -0.4 is 4.90 Å². The normalized spacial score (nSPS) is 19.7. The van der Waals surface area contributed by atoms with Crippen molar-refractivity contribution in [2.45, 2.75) is 25.2 Å². The molecule has 2 aliphatic heterocycles. The molecule has 1 atom stereocenters. The van der Waals surface area contributed by atoms with E-state index in [4.69, 9.17) is 16.6 Å². The molecule has 4 rings (SSSR count). The van der Waals surface area contributed by atoms with Gasteiger partial charge in [0.1, 0.15) is 0 Å². The zero-order valence-corrected chi connectivity index (χ0v) is 19.0. The minimum atomic E-state index is -0.213. The van der Waals surface area contributed by atoms with E-state index in [2.05, 4.69) is 4.98 Å². The number of benzene rings is 1. The number of aromatic nitrogens is 2. The van der Waals surface area contributed by atoms with Crippen molar-refractivity contribution in [3.63, 3.8) is 0 Å². The Morgan fingerprint density at radius 3 is 2.58 bits per heavy atom. The van der Waals surface area contributed by atoms with Gasteiger partial charge in [0.25, 0.3) is 0 Å². The molecule has 164 valence electrons. The molecule has 1 aromatic carbocycles. The van der Waals surface area contributed by atoms with Crippen LogP contribution in [0.25, 0.3) is 11.1 Å². The molecule has 0 radical (unpaired) electrons. The number of rotatable bonds is 4. The summed E-state index contributed by atoms with van der Waals surface area (Å²) in [4.78, 5) is 39.6. The summed E-state index contributed by atoms with van der Waals surface area (Å²) in [5.41, 5.74) is 2.99. The van der Waals surface area contributed by atoms with E-state index in [1.165, 1.54) is 0 Å². The van der Waals surface area contributed by atoms with Crippen LogP contribution in [0.3, 0.4) is 0 Å². The van der Waals surface area contributed by atoms with E-state index in [-0.39, 0.29) is 23.7 Å². The van der Waals surface area contributed by atoms with Crippen molar-refractivity contribution in [3.05, 3.63) is 41.2 Å². The maximum atomic E-state index is 12.9. The standard InChI is InChI=1S/C23H28ClN5O2/c1-27(2)23-25-13-19(16-5-4-6-18(24)11-16)21(26-23)15-7-9-29(10-8-15)22(31)17-12-20(30)28(3)14-17/h4-6,11,13,15,17H,7-10,12,14H2,1-3H3/t17-/m0/s1. The average Bonchev–Trinajstić information content (AvgIpc) is 3.11. The molecule has 7 nitrogen and oxygen atoms in total. The van der Waals surface area contributed by atoms with Gasteiger partial charge in [-0.3, -0.25) is 9.59 Å². The summed E-state index contributed by atoms with van der Waals surface area (Å²) in [6.07, 6.45) is 3.87. The number of carbonyl (C=O) groups excluding carboxylic acids is 2. The second kappa shape index (κ2) is 8.83. The number of amides is 2. The number of hydrogen-bond donors (Lipinski definition) is 0. The predicted molar refractivity (Wildman–Crippen MR) is 121 cm³/mol. The molecule has 2 saturated heterocycles. The van der Waals surface area contributed by atoms with Gasteiger partial charge in [-0.05, 0) is 30.5 Å². The third-order valence-electron chi connectivity index (χ3n) is 6.22. The van der Waals surface area contributed by atoms with Crippen molar-refractivity contribution in [2.24, 2.45) is 5.92 Å². The number of nitrogens with zero attached hydrogens (tertiary/aromatic N) is 5. The Morgan fingerprint density at radius 1 is 1.23 bits per heavy atom. The van der Waals surface area contributed by atoms with E-state index in [9.17, 15) is 9.59 Å². The minimum absolute atomic E-state index is 0.0524. The SMILES string of the molecule is CN1C[C@@H](C(=O)N2CCC(c3nc(N(C)C)ncc3-c3cccc(Cl)c3)CC2)CC1=O. The lowest BCUT2D eigenvalue weighted by molar-refractivity contribution is -0.136. The maximum absolute atomic E-state index is 12.9. The average molecular weight is 442 g/mol. The first-order valence-corrected chi connectivity index (χ1v) is 11.0. The van der Waals surface area contributed by atoms with Crippen molar-refractivity contribution >= 4 is 29.4 Å². The van der Waals surface area contributed by atoms with E-state index in [1.54, 1.807) is 11.9 Å². The van der Waals surface area contributed by atoms with Crippen LogP contribution in [0.15, 0.2) is 30.5 Å². The van der Waals surface area contributed by atoms with Crippen LogP contribution in [0.4, 0.5) is 5.95 Å². The minimum Gasteiger partial charge on any atom is -0.347 e. The van der Waals surface area contributed by atoms with Gasteiger partial charge in [0.05, 0.1) is 11.6 Å². The summed E-state index contributed by atoms with van der Waals surface area (Å²) in [6, 6.07) is 7.75. The molecule has 0 bridgehead atoms. The van der Waals surface area contributed by atoms with Gasteiger partial charge in [-0.25, -0.2) is 9.97 Å². The Hall–Kier alpha value is -2.67. The lowest BCUT2D eigenvalue weighted by Crippen LogP contribution is -2.42. The summed E-state index contributed by atoms with van der Waals surface area (Å²) in [5.74, 6) is 0.842. The zero-order valence-electron chi connectivity index (χ0n) is 18.2. The molecular formula is C23H28ClN5O2. The van der Waals surface area contributed by atoms with Crippen LogP contribution in [0.1, 0.15) is 30.9 Å². The number of anilines is 1. The lowest BCUT2D eigenvalue weighted by Gasteiger charge is -2.34. The highest BCUT2D eigenvalue weighted by atomic mass is 35.5. The lowest BCUT2D eigenvalue weighted by atomic mass is 9.88. The van der Waals surface area contributed by atoms with E-state index in [1.807, 2.05) is 54.4 Å². The molecule has 0 spiro atoms. The quantitative estimate of drug-likeness (QED) is 0.729. The number of hydrogen-bond acceptors (Lipinski definition) is 5. The highest BCUT2D eigenvalue weighted by Gasteiger charge is 2.36. The Balaban J connectivity index is 1.54. The monoisotopic (exact) mass is 441 g/mol. The molecule has 2 aliphatic rings. The molecule has 1 aromatic heterocycles. The first kappa shape index (κ1) is 21.6. The molecule has 0 N–H and O–H groups in total. The maximum Gasteiger partial charge on any atom is 0.227 e. The van der Waals surface area contributed by atoms with E-state index in [0.29, 0.717) is 37.0 Å². The van der Waals surface area contributed by atoms with E-state index < -0.39 is 0 Å². The van der Waals surface area contributed by atoms with Crippen LogP contribution in [-0.2, 0) is 9.59 Å². The second-order valence-corrected chi connectivity index (χ2v) is 9.08. The van der Waals surface area contributed by atoms with Gasteiger partial charge in [-0.2, -0.15) is 0 Å². The van der Waals surface area contributed by atoms with Crippen molar-refractivity contribution in [2.75, 3.05) is 45.7 Å². The van der Waals surface area contributed by atoms with Crippen LogP contribution in [-0.4, -0.2) is 72.4 Å². The molecule has 0 saturated carbocycles. The Labute approximate surface area is 188 Å². The summed E-state index contributed by atoms with van der Waals surface area (Å²) in [6.45, 7) is 1.87. The van der Waals surface area contributed by atoms with Gasteiger partial charge < -0.3 is 14.7 Å². The fourth-order valence-electron chi connectivity index (χ4n) is 4.45. The number of halogens is 1. The van der Waals surface area contributed by atoms with Crippen molar-refractivity contribution < 1.29 is 9.59 Å². The van der Waals surface area contributed by atoms with Crippen molar-refractivity contribution in [1.82, 2.24) is 19.8 Å². The number of likely N-dealkylation sites (tertiary alicyclic amines) is 2. The van der Waals surface area contributed by atoms with Gasteiger partial charge in [-0.15, -0.1) is 0 Å². The zero-order chi connectivity index (χ0) is 22.1. The molecule has 8 heteroatoms. The smallest absolute Gasteiger partial charge is 0.227 e. The Morgan fingerprint density at radius 2 is 1.97 bits per heavy atom. The number of piperidine rings is 1. The Kier molecular flexibility index (Phi) is 6.14. The molecule has 2 amide bonds. The van der Waals surface area contributed by atoms with Crippen LogP contribution >= 0.6 is 11.6 Å². The molecule has 0 unspecified atom stereocenters. The van der Waals surface area contributed by atoms with Crippen molar-refractivity contribution in [3.8, 4) is 11.1 Å². The molecule has 0 aliphatic carbocycles. The summed E-state index contributed by atoms with van der Waals surface area (Å²) in [7, 11) is 5.62. The highest BCUT2D eigenvalue weighted by molar-refractivity contribution is 6.30. The summed E-state index contributed by atoms with van der Waals surface area (Å²) >= 11 is 6.23. The second-order valence-electron chi connectivity index (χ2n) is 8.65. The van der Waals surface area contributed by atoms with Crippen LogP contribution in [0.2, 0.25) is 5.02 Å². The largest absolute Gasteiger partial charge is 0.347 e. The van der Waals surface area contributed by atoms with Crippen molar-refractivity contribution in [1.29, 1.82) is 0 Å². The molecule has 2 aromatic rings. The van der Waals surface area contributed by atoms with Crippen LogP contribution in [0, 0.1) is 5.92 Å². The molecule has 31 heavy (non-hydrogen) atoms. The van der Waals surface area contributed by atoms with Gasteiger partial charge in [-0.1, -0.05) is 23.7 Å². The fraction of sp³-hybridized carbons (Fsp3) is 0.478. The third kappa shape index (κ3) is 4.51. The molecule has 3 heterocycles. The third-order valence-corrected chi connectivity index (χ3v) is 6.46. The van der Waals surface area contributed by atoms with Gasteiger partial charge >= 0.3 is 0 Å². The summed E-state index contributed by atoms with van der Waals surface area (Å²) < 4.78 is 0. The van der Waals surface area contributed by atoms with Gasteiger partial charge in [0, 0.05) is 69.9 Å². The van der Waals surface area contributed by atoms with Crippen LogP contribution in [0.5, 0.6) is 0 Å². The number of carbonyl (C=O) groups is 2. The Bertz CT molecular complexity index is 988. The molecular weight excluding hydrogens is 414 g/mol. The van der Waals surface area contributed by atoms with E-state index in [0.717, 1.165) is 29.7 Å². The molecule has 2 fully saturated rings.